The number of fused-ring (bicyclic) bond motifs is 1. The lowest BCUT2D eigenvalue weighted by atomic mass is 9.94. The molecule has 18 heavy (non-hydrogen) atoms. The third kappa shape index (κ3) is 2.65. The molecule has 0 spiro atoms. The van der Waals surface area contributed by atoms with Gasteiger partial charge in [0.25, 0.3) is 0 Å². The molecule has 2 aromatic rings. The van der Waals surface area contributed by atoms with E-state index in [4.69, 9.17) is 10.5 Å². The Bertz CT molecular complexity index is 534. The zero-order valence-corrected chi connectivity index (χ0v) is 11.3. The summed E-state index contributed by atoms with van der Waals surface area (Å²) in [4.78, 5) is 0. The molecule has 2 N–H and O–H groups in total. The van der Waals surface area contributed by atoms with E-state index in [0.29, 0.717) is 5.92 Å². The second-order valence-electron chi connectivity index (χ2n) is 5.12. The average Bonchev–Trinajstić information content (AvgIpc) is 2.38. The predicted octanol–water partition coefficient (Wildman–Crippen LogP) is 3.37. The van der Waals surface area contributed by atoms with Gasteiger partial charge in [0.05, 0.1) is 7.11 Å². The second kappa shape index (κ2) is 5.40. The van der Waals surface area contributed by atoms with E-state index in [2.05, 4.69) is 44.2 Å². The Hall–Kier alpha value is -1.54. The lowest BCUT2D eigenvalue weighted by Crippen LogP contribution is -2.28. The van der Waals surface area contributed by atoms with E-state index in [1.54, 1.807) is 7.11 Å². The summed E-state index contributed by atoms with van der Waals surface area (Å²) in [5.74, 6) is 1.39. The molecule has 0 bridgehead atoms. The van der Waals surface area contributed by atoms with Crippen molar-refractivity contribution in [2.45, 2.75) is 26.3 Å². The molecule has 0 heterocycles. The summed E-state index contributed by atoms with van der Waals surface area (Å²) in [6.45, 7) is 4.33. The molecule has 2 nitrogen and oxygen atoms in total. The molecule has 1 atom stereocenters. The van der Waals surface area contributed by atoms with Crippen LogP contribution >= 0.6 is 0 Å². The normalized spacial score (nSPS) is 12.9. The zero-order chi connectivity index (χ0) is 13.1. The van der Waals surface area contributed by atoms with Gasteiger partial charge in [-0.3, -0.25) is 0 Å². The summed E-state index contributed by atoms with van der Waals surface area (Å²) in [7, 11) is 1.70. The number of rotatable bonds is 4. The first-order valence-electron chi connectivity index (χ1n) is 6.43. The molecule has 0 aromatic heterocycles. The van der Waals surface area contributed by atoms with Gasteiger partial charge in [-0.2, -0.15) is 0 Å². The second-order valence-corrected chi connectivity index (χ2v) is 5.12. The Morgan fingerprint density at radius 1 is 1.17 bits per heavy atom. The van der Waals surface area contributed by atoms with Gasteiger partial charge in [0.2, 0.25) is 0 Å². The fraction of sp³-hybridized carbons (Fsp3) is 0.375. The van der Waals surface area contributed by atoms with Crippen LogP contribution in [0.3, 0.4) is 0 Å². The number of benzene rings is 2. The quantitative estimate of drug-likeness (QED) is 0.893. The Balaban J connectivity index is 2.43. The number of methoxy groups -OCH3 is 1. The molecule has 0 radical (unpaired) electrons. The third-order valence-electron chi connectivity index (χ3n) is 3.49. The minimum atomic E-state index is 0.196. The Morgan fingerprint density at radius 2 is 1.94 bits per heavy atom. The maximum Gasteiger partial charge on any atom is 0.119 e. The molecule has 0 aliphatic rings. The van der Waals surface area contributed by atoms with Crippen LogP contribution in [-0.2, 0) is 6.42 Å². The number of hydrogen-bond donors (Lipinski definition) is 1. The lowest BCUT2D eigenvalue weighted by Gasteiger charge is -2.17. The smallest absolute Gasteiger partial charge is 0.119 e. The average molecular weight is 243 g/mol. The summed E-state index contributed by atoms with van der Waals surface area (Å²) in [6.07, 6.45) is 0.905. The molecule has 0 aliphatic carbocycles. The highest BCUT2D eigenvalue weighted by Crippen LogP contribution is 2.25. The van der Waals surface area contributed by atoms with E-state index >= 15 is 0 Å². The summed E-state index contributed by atoms with van der Waals surface area (Å²) in [5, 5.41) is 2.48. The van der Waals surface area contributed by atoms with Crippen LogP contribution in [0.5, 0.6) is 5.75 Å². The van der Waals surface area contributed by atoms with Crippen molar-refractivity contribution < 1.29 is 4.74 Å². The first kappa shape index (κ1) is 12.9. The molecule has 96 valence electrons. The van der Waals surface area contributed by atoms with Gasteiger partial charge in [0.1, 0.15) is 5.75 Å². The Kier molecular flexibility index (Phi) is 3.87. The van der Waals surface area contributed by atoms with Gasteiger partial charge >= 0.3 is 0 Å². The number of ether oxygens (including phenoxy) is 1. The van der Waals surface area contributed by atoms with Crippen molar-refractivity contribution in [1.29, 1.82) is 0 Å². The van der Waals surface area contributed by atoms with E-state index < -0.39 is 0 Å². The van der Waals surface area contributed by atoms with Crippen molar-refractivity contribution in [2.75, 3.05) is 7.11 Å². The highest BCUT2D eigenvalue weighted by molar-refractivity contribution is 5.87. The Labute approximate surface area is 109 Å². The van der Waals surface area contributed by atoms with Crippen molar-refractivity contribution in [3.8, 4) is 5.75 Å². The SMILES string of the molecule is COc1ccc2cccc(CC(N)C(C)C)c2c1. The summed E-state index contributed by atoms with van der Waals surface area (Å²) in [5.41, 5.74) is 7.48. The maximum absolute atomic E-state index is 6.18. The molecular weight excluding hydrogens is 222 g/mol. The van der Waals surface area contributed by atoms with Crippen LogP contribution in [0, 0.1) is 5.92 Å². The van der Waals surface area contributed by atoms with Gasteiger partial charge in [0.15, 0.2) is 0 Å². The van der Waals surface area contributed by atoms with Crippen LogP contribution in [-0.4, -0.2) is 13.2 Å². The monoisotopic (exact) mass is 243 g/mol. The molecule has 0 aliphatic heterocycles. The van der Waals surface area contributed by atoms with Crippen molar-refractivity contribution >= 4 is 10.8 Å². The standard InChI is InChI=1S/C16H21NO/c1-11(2)16(17)9-13-6-4-5-12-7-8-14(18-3)10-15(12)13/h4-8,10-11,16H,9,17H2,1-3H3. The highest BCUT2D eigenvalue weighted by Gasteiger charge is 2.11. The molecule has 2 rings (SSSR count). The fourth-order valence-corrected chi connectivity index (χ4v) is 2.11. The predicted molar refractivity (Wildman–Crippen MR) is 77.0 cm³/mol. The van der Waals surface area contributed by atoms with Gasteiger partial charge in [-0.1, -0.05) is 38.1 Å². The number of hydrogen-bond acceptors (Lipinski definition) is 2. The van der Waals surface area contributed by atoms with Gasteiger partial charge in [-0.25, -0.2) is 0 Å². The molecular formula is C16H21NO. The van der Waals surface area contributed by atoms with Crippen molar-refractivity contribution in [2.24, 2.45) is 11.7 Å². The van der Waals surface area contributed by atoms with Crippen LogP contribution in [0.15, 0.2) is 36.4 Å². The van der Waals surface area contributed by atoms with Crippen LogP contribution in [0.1, 0.15) is 19.4 Å². The van der Waals surface area contributed by atoms with Gasteiger partial charge in [0, 0.05) is 6.04 Å². The fourth-order valence-electron chi connectivity index (χ4n) is 2.11. The summed E-state index contributed by atoms with van der Waals surface area (Å²) >= 11 is 0. The molecule has 0 fully saturated rings. The highest BCUT2D eigenvalue weighted by atomic mass is 16.5. The molecule has 0 amide bonds. The molecule has 2 aromatic carbocycles. The van der Waals surface area contributed by atoms with E-state index in [9.17, 15) is 0 Å². The molecule has 0 saturated carbocycles. The molecule has 0 saturated heterocycles. The first-order chi connectivity index (χ1) is 8.61. The third-order valence-corrected chi connectivity index (χ3v) is 3.49. The van der Waals surface area contributed by atoms with Gasteiger partial charge < -0.3 is 10.5 Å². The van der Waals surface area contributed by atoms with Crippen LogP contribution < -0.4 is 10.5 Å². The maximum atomic E-state index is 6.18. The summed E-state index contributed by atoms with van der Waals surface area (Å²) in [6, 6.07) is 12.8. The van der Waals surface area contributed by atoms with Crippen LogP contribution in [0.2, 0.25) is 0 Å². The van der Waals surface area contributed by atoms with E-state index in [0.717, 1.165) is 12.2 Å². The first-order valence-corrected chi connectivity index (χ1v) is 6.43. The van der Waals surface area contributed by atoms with Crippen molar-refractivity contribution in [1.82, 2.24) is 0 Å². The minimum Gasteiger partial charge on any atom is -0.497 e. The Morgan fingerprint density at radius 3 is 2.61 bits per heavy atom. The zero-order valence-electron chi connectivity index (χ0n) is 11.3. The van der Waals surface area contributed by atoms with Crippen LogP contribution in [0.4, 0.5) is 0 Å². The van der Waals surface area contributed by atoms with Crippen molar-refractivity contribution in [3.63, 3.8) is 0 Å². The molecule has 2 heteroatoms. The van der Waals surface area contributed by atoms with E-state index in [-0.39, 0.29) is 6.04 Å². The molecule has 1 unspecified atom stereocenters. The van der Waals surface area contributed by atoms with E-state index in [1.165, 1.54) is 16.3 Å². The largest absolute Gasteiger partial charge is 0.497 e. The number of nitrogens with two attached hydrogens (primary N) is 1. The van der Waals surface area contributed by atoms with Gasteiger partial charge in [-0.05, 0) is 40.8 Å². The van der Waals surface area contributed by atoms with Gasteiger partial charge in [-0.15, -0.1) is 0 Å². The lowest BCUT2D eigenvalue weighted by molar-refractivity contribution is 0.415. The minimum absolute atomic E-state index is 0.196. The van der Waals surface area contributed by atoms with E-state index in [1.807, 2.05) is 6.07 Å². The topological polar surface area (TPSA) is 35.2 Å². The van der Waals surface area contributed by atoms with Crippen LogP contribution in [0.25, 0.3) is 10.8 Å². The summed E-state index contributed by atoms with van der Waals surface area (Å²) < 4.78 is 5.30. The van der Waals surface area contributed by atoms with Crippen molar-refractivity contribution in [3.05, 3.63) is 42.0 Å².